The third-order valence-electron chi connectivity index (χ3n) is 3.61. The molecule has 0 amide bonds. The summed E-state index contributed by atoms with van der Waals surface area (Å²) in [5.74, 6) is -1.35. The van der Waals surface area contributed by atoms with Crippen molar-refractivity contribution in [3.63, 3.8) is 0 Å². The number of benzene rings is 2. The average Bonchev–Trinajstić information content (AvgIpc) is 2.46. The highest BCUT2D eigenvalue weighted by Gasteiger charge is 2.35. The van der Waals surface area contributed by atoms with Crippen molar-refractivity contribution in [2.45, 2.75) is 13.3 Å². The van der Waals surface area contributed by atoms with Crippen molar-refractivity contribution >= 4 is 11.6 Å². The summed E-state index contributed by atoms with van der Waals surface area (Å²) < 4.78 is 0. The number of carbonyl (C=O) groups excluding carboxylic acids is 2. The molecule has 4 heteroatoms. The van der Waals surface area contributed by atoms with E-state index in [0.717, 1.165) is 0 Å². The van der Waals surface area contributed by atoms with E-state index < -0.39 is 11.6 Å². The quantitative estimate of drug-likeness (QED) is 0.665. The lowest BCUT2D eigenvalue weighted by molar-refractivity contribution is 0.0974. The summed E-state index contributed by atoms with van der Waals surface area (Å²) >= 11 is 0. The first kappa shape index (κ1) is 12.4. The number of hydrogen-bond acceptors (Lipinski definition) is 4. The van der Waals surface area contributed by atoms with Crippen LogP contribution in [-0.2, 0) is 6.42 Å². The Morgan fingerprint density at radius 3 is 2.05 bits per heavy atom. The minimum atomic E-state index is -0.439. The number of aryl methyl sites for hydroxylation is 1. The number of aromatic hydroxyl groups is 2. The van der Waals surface area contributed by atoms with Gasteiger partial charge in [0.25, 0.3) is 0 Å². The van der Waals surface area contributed by atoms with Crippen molar-refractivity contribution in [1.82, 2.24) is 0 Å². The molecule has 4 nitrogen and oxygen atoms in total. The molecule has 0 fully saturated rings. The van der Waals surface area contributed by atoms with Crippen molar-refractivity contribution in [1.29, 1.82) is 0 Å². The van der Waals surface area contributed by atoms with Crippen molar-refractivity contribution in [3.05, 3.63) is 58.1 Å². The molecule has 2 N–H and O–H groups in total. The molecule has 0 heterocycles. The van der Waals surface area contributed by atoms with E-state index in [0.29, 0.717) is 12.0 Å². The summed E-state index contributed by atoms with van der Waals surface area (Å²) in [6.45, 7) is 1.80. The van der Waals surface area contributed by atoms with Gasteiger partial charge in [0.1, 0.15) is 11.5 Å². The van der Waals surface area contributed by atoms with Gasteiger partial charge in [0.15, 0.2) is 11.6 Å². The maximum absolute atomic E-state index is 12.5. The Labute approximate surface area is 115 Å². The Bertz CT molecular complexity index is 759. The number of carbonyl (C=O) groups is 2. The van der Waals surface area contributed by atoms with Crippen molar-refractivity contribution in [2.75, 3.05) is 0 Å². The molecule has 1 aliphatic rings. The molecular formula is C16H12O4. The maximum Gasteiger partial charge on any atom is 0.198 e. The predicted octanol–water partition coefficient (Wildman–Crippen LogP) is 2.44. The number of phenolic OH excluding ortho intramolecular Hbond substituents is 2. The van der Waals surface area contributed by atoms with E-state index in [1.807, 2.05) is 0 Å². The normalized spacial score (nSPS) is 13.1. The number of hydrogen-bond donors (Lipinski definition) is 2. The van der Waals surface area contributed by atoms with Gasteiger partial charge >= 0.3 is 0 Å². The molecule has 0 saturated heterocycles. The third kappa shape index (κ3) is 1.48. The van der Waals surface area contributed by atoms with Gasteiger partial charge in [-0.2, -0.15) is 0 Å². The zero-order valence-corrected chi connectivity index (χ0v) is 10.8. The molecule has 3 rings (SSSR count). The van der Waals surface area contributed by atoms with Gasteiger partial charge in [0.05, 0.1) is 11.1 Å². The van der Waals surface area contributed by atoms with Crippen LogP contribution in [0.25, 0.3) is 0 Å². The Balaban J connectivity index is 2.39. The highest BCUT2D eigenvalue weighted by Crippen LogP contribution is 2.39. The molecule has 2 aromatic rings. The van der Waals surface area contributed by atoms with Crippen LogP contribution in [0, 0.1) is 0 Å². The standard InChI is InChI=1S/C16H12O4/c1-2-8-7-11(17)12-13(14(8)18)16(20)10-6-4-3-5-9(10)15(12)19/h3-7,17-18H,2H2,1H3. The summed E-state index contributed by atoms with van der Waals surface area (Å²) in [6, 6.07) is 7.76. The fraction of sp³-hybridized carbons (Fsp3) is 0.125. The molecule has 20 heavy (non-hydrogen) atoms. The molecule has 0 saturated carbocycles. The van der Waals surface area contributed by atoms with Crippen LogP contribution in [0.4, 0.5) is 0 Å². The molecule has 0 aliphatic heterocycles. The molecule has 0 bridgehead atoms. The Morgan fingerprint density at radius 2 is 1.50 bits per heavy atom. The van der Waals surface area contributed by atoms with E-state index >= 15 is 0 Å². The van der Waals surface area contributed by atoms with Gasteiger partial charge in [0.2, 0.25) is 0 Å². The van der Waals surface area contributed by atoms with Crippen LogP contribution in [0.5, 0.6) is 11.5 Å². The molecule has 0 radical (unpaired) electrons. The zero-order chi connectivity index (χ0) is 14.4. The van der Waals surface area contributed by atoms with Crippen molar-refractivity contribution in [3.8, 4) is 11.5 Å². The van der Waals surface area contributed by atoms with Gasteiger partial charge in [-0.15, -0.1) is 0 Å². The lowest BCUT2D eigenvalue weighted by Gasteiger charge is -2.20. The van der Waals surface area contributed by atoms with Crippen LogP contribution in [-0.4, -0.2) is 21.8 Å². The lowest BCUT2D eigenvalue weighted by atomic mass is 9.82. The van der Waals surface area contributed by atoms with Crippen LogP contribution in [0.15, 0.2) is 30.3 Å². The van der Waals surface area contributed by atoms with Crippen molar-refractivity contribution in [2.24, 2.45) is 0 Å². The van der Waals surface area contributed by atoms with Gasteiger partial charge < -0.3 is 10.2 Å². The second-order valence-corrected chi connectivity index (χ2v) is 4.71. The van der Waals surface area contributed by atoms with Crippen LogP contribution in [0.1, 0.15) is 44.3 Å². The fourth-order valence-corrected chi connectivity index (χ4v) is 2.58. The highest BCUT2D eigenvalue weighted by molar-refractivity contribution is 6.30. The van der Waals surface area contributed by atoms with Gasteiger partial charge in [-0.3, -0.25) is 9.59 Å². The van der Waals surface area contributed by atoms with Gasteiger partial charge in [-0.25, -0.2) is 0 Å². The van der Waals surface area contributed by atoms with E-state index in [4.69, 9.17) is 0 Å². The first-order valence-corrected chi connectivity index (χ1v) is 6.32. The molecule has 0 unspecified atom stereocenters. The summed E-state index contributed by atoms with van der Waals surface area (Å²) in [7, 11) is 0. The largest absolute Gasteiger partial charge is 0.507 e. The van der Waals surface area contributed by atoms with Crippen LogP contribution in [0.2, 0.25) is 0 Å². The molecule has 0 aromatic heterocycles. The van der Waals surface area contributed by atoms with Crippen LogP contribution < -0.4 is 0 Å². The maximum atomic E-state index is 12.5. The smallest absolute Gasteiger partial charge is 0.198 e. The molecular weight excluding hydrogens is 256 g/mol. The average molecular weight is 268 g/mol. The van der Waals surface area contributed by atoms with E-state index in [9.17, 15) is 19.8 Å². The van der Waals surface area contributed by atoms with E-state index in [1.54, 1.807) is 31.2 Å². The van der Waals surface area contributed by atoms with E-state index in [1.165, 1.54) is 6.07 Å². The lowest BCUT2D eigenvalue weighted by Crippen LogP contribution is -2.21. The zero-order valence-electron chi connectivity index (χ0n) is 10.8. The number of fused-ring (bicyclic) bond motifs is 2. The van der Waals surface area contributed by atoms with E-state index in [2.05, 4.69) is 0 Å². The molecule has 0 atom stereocenters. The van der Waals surface area contributed by atoms with Gasteiger partial charge in [0, 0.05) is 11.1 Å². The summed E-state index contributed by atoms with van der Waals surface area (Å²) in [4.78, 5) is 24.9. The SMILES string of the molecule is CCc1cc(O)c2c(c1O)C(=O)c1ccccc1C2=O. The third-order valence-corrected chi connectivity index (χ3v) is 3.61. The number of rotatable bonds is 1. The predicted molar refractivity (Wildman–Crippen MR) is 72.5 cm³/mol. The Hall–Kier alpha value is -2.62. The second kappa shape index (κ2) is 4.20. The number of ketones is 2. The number of phenols is 2. The summed E-state index contributed by atoms with van der Waals surface area (Å²) in [5, 5.41) is 20.2. The molecule has 1 aliphatic carbocycles. The minimum Gasteiger partial charge on any atom is -0.507 e. The molecule has 0 spiro atoms. The molecule has 2 aromatic carbocycles. The van der Waals surface area contributed by atoms with Gasteiger partial charge in [-0.05, 0) is 18.1 Å². The highest BCUT2D eigenvalue weighted by atomic mass is 16.3. The monoisotopic (exact) mass is 268 g/mol. The first-order valence-electron chi connectivity index (χ1n) is 6.32. The Kier molecular flexibility index (Phi) is 2.61. The topological polar surface area (TPSA) is 74.6 Å². The first-order chi connectivity index (χ1) is 9.56. The van der Waals surface area contributed by atoms with Crippen molar-refractivity contribution < 1.29 is 19.8 Å². The van der Waals surface area contributed by atoms with Gasteiger partial charge in [-0.1, -0.05) is 31.2 Å². The second-order valence-electron chi connectivity index (χ2n) is 4.71. The fourth-order valence-electron chi connectivity index (χ4n) is 2.58. The molecule has 100 valence electrons. The summed E-state index contributed by atoms with van der Waals surface area (Å²) in [6.07, 6.45) is 0.454. The van der Waals surface area contributed by atoms with Crippen LogP contribution >= 0.6 is 0 Å². The summed E-state index contributed by atoms with van der Waals surface area (Å²) in [5.41, 5.74) is 0.757. The Morgan fingerprint density at radius 1 is 0.950 bits per heavy atom. The van der Waals surface area contributed by atoms with Crippen LogP contribution in [0.3, 0.4) is 0 Å². The van der Waals surface area contributed by atoms with E-state index in [-0.39, 0.29) is 33.8 Å². The minimum absolute atomic E-state index is 0.0921.